The van der Waals surface area contributed by atoms with Gasteiger partial charge >= 0.3 is 0 Å². The van der Waals surface area contributed by atoms with E-state index in [4.69, 9.17) is 0 Å². The molecule has 0 N–H and O–H groups in total. The minimum Gasteiger partial charge on any atom is -0.0826 e. The number of hydrogen-bond donors (Lipinski definition) is 0. The molecule has 0 bridgehead atoms. The van der Waals surface area contributed by atoms with Crippen molar-refractivity contribution < 1.29 is 0 Å². The topological polar surface area (TPSA) is 0 Å². The lowest BCUT2D eigenvalue weighted by molar-refractivity contribution is 0.398. The maximum atomic E-state index is 2.58. The Morgan fingerprint density at radius 3 is 2.22 bits per heavy atom. The monoisotopic (exact) mass is 238 g/mol. The zero-order valence-corrected chi connectivity index (χ0v) is 8.39. The lowest BCUT2D eigenvalue weighted by Gasteiger charge is -2.12. The summed E-state index contributed by atoms with van der Waals surface area (Å²) in [5.41, 5.74) is 0. The Balaban J connectivity index is 2.30. The SMILES string of the molecule is CC(C)[C@H]1CC[C@H](I)C1. The van der Waals surface area contributed by atoms with E-state index in [1.54, 1.807) is 0 Å². The maximum absolute atomic E-state index is 2.58. The Hall–Kier alpha value is 0.730. The second-order valence-corrected chi connectivity index (χ2v) is 5.18. The van der Waals surface area contributed by atoms with Gasteiger partial charge in [0.2, 0.25) is 0 Å². The van der Waals surface area contributed by atoms with E-state index in [1.807, 2.05) is 0 Å². The molecular weight excluding hydrogens is 223 g/mol. The van der Waals surface area contributed by atoms with Crippen LogP contribution in [-0.4, -0.2) is 3.92 Å². The van der Waals surface area contributed by atoms with E-state index in [1.165, 1.54) is 19.3 Å². The van der Waals surface area contributed by atoms with Gasteiger partial charge in [0, 0.05) is 3.92 Å². The highest BCUT2D eigenvalue weighted by molar-refractivity contribution is 14.1. The summed E-state index contributed by atoms with van der Waals surface area (Å²) in [5.74, 6) is 1.96. The minimum absolute atomic E-state index is 0.921. The second kappa shape index (κ2) is 3.22. The maximum Gasteiger partial charge on any atom is 0.0112 e. The summed E-state index contributed by atoms with van der Waals surface area (Å²) in [7, 11) is 0. The molecule has 0 aliphatic heterocycles. The molecule has 0 aromatic rings. The fraction of sp³-hybridized carbons (Fsp3) is 1.00. The van der Waals surface area contributed by atoms with Crippen molar-refractivity contribution in [1.82, 2.24) is 0 Å². The molecule has 1 heteroatoms. The lowest BCUT2D eigenvalue weighted by Crippen LogP contribution is -2.03. The van der Waals surface area contributed by atoms with Crippen molar-refractivity contribution in [3.63, 3.8) is 0 Å². The predicted molar refractivity (Wildman–Crippen MR) is 50.0 cm³/mol. The van der Waals surface area contributed by atoms with E-state index >= 15 is 0 Å². The zero-order valence-electron chi connectivity index (χ0n) is 6.23. The van der Waals surface area contributed by atoms with Crippen molar-refractivity contribution in [3.05, 3.63) is 0 Å². The molecule has 54 valence electrons. The van der Waals surface area contributed by atoms with E-state index in [0.717, 1.165) is 15.8 Å². The summed E-state index contributed by atoms with van der Waals surface area (Å²) < 4.78 is 0.981. The van der Waals surface area contributed by atoms with Crippen LogP contribution in [0.5, 0.6) is 0 Å². The highest BCUT2D eigenvalue weighted by Gasteiger charge is 2.24. The molecule has 1 fully saturated rings. The van der Waals surface area contributed by atoms with Gasteiger partial charge in [0.05, 0.1) is 0 Å². The van der Waals surface area contributed by atoms with Crippen molar-refractivity contribution >= 4 is 22.6 Å². The molecule has 1 aliphatic rings. The third-order valence-electron chi connectivity index (χ3n) is 2.35. The van der Waals surface area contributed by atoms with E-state index in [0.29, 0.717) is 0 Å². The van der Waals surface area contributed by atoms with Gasteiger partial charge < -0.3 is 0 Å². The van der Waals surface area contributed by atoms with Crippen molar-refractivity contribution in [2.24, 2.45) is 11.8 Å². The average molecular weight is 238 g/mol. The van der Waals surface area contributed by atoms with Crippen LogP contribution in [0.25, 0.3) is 0 Å². The number of rotatable bonds is 1. The summed E-state index contributed by atoms with van der Waals surface area (Å²) in [6.07, 6.45) is 4.41. The van der Waals surface area contributed by atoms with Gasteiger partial charge in [-0.1, -0.05) is 36.4 Å². The number of halogens is 1. The first-order valence-electron chi connectivity index (χ1n) is 3.84. The summed E-state index contributed by atoms with van der Waals surface area (Å²) in [4.78, 5) is 0. The summed E-state index contributed by atoms with van der Waals surface area (Å²) in [6.45, 7) is 4.69. The summed E-state index contributed by atoms with van der Waals surface area (Å²) in [6, 6.07) is 0. The fourth-order valence-corrected chi connectivity index (χ4v) is 2.58. The molecule has 0 saturated heterocycles. The van der Waals surface area contributed by atoms with E-state index in [2.05, 4.69) is 36.4 Å². The van der Waals surface area contributed by atoms with Crippen LogP contribution in [-0.2, 0) is 0 Å². The highest BCUT2D eigenvalue weighted by Crippen LogP contribution is 2.35. The van der Waals surface area contributed by atoms with Gasteiger partial charge in [-0.25, -0.2) is 0 Å². The van der Waals surface area contributed by atoms with E-state index in [-0.39, 0.29) is 0 Å². The second-order valence-electron chi connectivity index (χ2n) is 3.41. The molecule has 0 radical (unpaired) electrons. The minimum atomic E-state index is 0.921. The molecule has 1 rings (SSSR count). The van der Waals surface area contributed by atoms with Crippen LogP contribution in [0.4, 0.5) is 0 Å². The molecule has 0 amide bonds. The summed E-state index contributed by atoms with van der Waals surface area (Å²) in [5, 5.41) is 0. The number of hydrogen-bond acceptors (Lipinski definition) is 0. The quantitative estimate of drug-likeness (QED) is 0.486. The van der Waals surface area contributed by atoms with Crippen LogP contribution in [0.3, 0.4) is 0 Å². The Labute approximate surface area is 71.5 Å². The van der Waals surface area contributed by atoms with Gasteiger partial charge in [-0.15, -0.1) is 0 Å². The van der Waals surface area contributed by atoms with Gasteiger partial charge in [0.25, 0.3) is 0 Å². The largest absolute Gasteiger partial charge is 0.0826 e. The van der Waals surface area contributed by atoms with Crippen LogP contribution in [0.2, 0.25) is 0 Å². The summed E-state index contributed by atoms with van der Waals surface area (Å²) >= 11 is 2.58. The lowest BCUT2D eigenvalue weighted by atomic mass is 9.95. The normalized spacial score (nSPS) is 36.0. The van der Waals surface area contributed by atoms with Crippen LogP contribution >= 0.6 is 22.6 Å². The molecule has 0 aromatic heterocycles. The van der Waals surface area contributed by atoms with Crippen LogP contribution in [0.1, 0.15) is 33.1 Å². The van der Waals surface area contributed by atoms with Crippen molar-refractivity contribution in [2.75, 3.05) is 0 Å². The standard InChI is InChI=1S/C8H15I/c1-6(2)7-3-4-8(9)5-7/h6-8H,3-5H2,1-2H3/t7-,8-/m0/s1. The Morgan fingerprint density at radius 2 is 2.00 bits per heavy atom. The van der Waals surface area contributed by atoms with Crippen molar-refractivity contribution in [3.8, 4) is 0 Å². The van der Waals surface area contributed by atoms with Gasteiger partial charge in [0.15, 0.2) is 0 Å². The molecule has 0 heterocycles. The van der Waals surface area contributed by atoms with Gasteiger partial charge in [-0.3, -0.25) is 0 Å². The Morgan fingerprint density at radius 1 is 1.33 bits per heavy atom. The Bertz CT molecular complexity index is 88.6. The first-order valence-corrected chi connectivity index (χ1v) is 5.08. The third-order valence-corrected chi connectivity index (χ3v) is 3.48. The van der Waals surface area contributed by atoms with Crippen LogP contribution in [0.15, 0.2) is 0 Å². The van der Waals surface area contributed by atoms with Crippen LogP contribution < -0.4 is 0 Å². The van der Waals surface area contributed by atoms with Crippen LogP contribution in [0, 0.1) is 11.8 Å². The molecule has 0 aromatic carbocycles. The molecular formula is C8H15I. The molecule has 9 heavy (non-hydrogen) atoms. The zero-order chi connectivity index (χ0) is 6.85. The first kappa shape index (κ1) is 7.83. The molecule has 0 unspecified atom stereocenters. The molecule has 1 saturated carbocycles. The fourth-order valence-electron chi connectivity index (χ4n) is 1.56. The Kier molecular flexibility index (Phi) is 2.80. The van der Waals surface area contributed by atoms with Gasteiger partial charge in [-0.2, -0.15) is 0 Å². The van der Waals surface area contributed by atoms with E-state index in [9.17, 15) is 0 Å². The average Bonchev–Trinajstić information content (AvgIpc) is 2.14. The first-order chi connectivity index (χ1) is 4.20. The third kappa shape index (κ3) is 2.10. The van der Waals surface area contributed by atoms with Crippen molar-refractivity contribution in [1.29, 1.82) is 0 Å². The van der Waals surface area contributed by atoms with Gasteiger partial charge in [0.1, 0.15) is 0 Å². The molecule has 0 nitrogen and oxygen atoms in total. The predicted octanol–water partition coefficient (Wildman–Crippen LogP) is 3.25. The molecule has 2 atom stereocenters. The van der Waals surface area contributed by atoms with E-state index < -0.39 is 0 Å². The number of alkyl halides is 1. The highest BCUT2D eigenvalue weighted by atomic mass is 127. The molecule has 1 aliphatic carbocycles. The smallest absolute Gasteiger partial charge is 0.0112 e. The van der Waals surface area contributed by atoms with Gasteiger partial charge in [-0.05, 0) is 31.1 Å². The molecule has 0 spiro atoms. The van der Waals surface area contributed by atoms with Crippen molar-refractivity contribution in [2.45, 2.75) is 37.0 Å².